The van der Waals surface area contributed by atoms with Crippen LogP contribution in [-0.4, -0.2) is 40.1 Å². The van der Waals surface area contributed by atoms with Crippen LogP contribution in [0.2, 0.25) is 0 Å². The van der Waals surface area contributed by atoms with Crippen molar-refractivity contribution in [3.05, 3.63) is 72.5 Å². The number of carbonyl (C=O) groups is 2. The molecule has 1 aromatic carbocycles. The molecular formula is C20H22ClFN2O3. The lowest BCUT2D eigenvalue weighted by Gasteiger charge is -2.27. The van der Waals surface area contributed by atoms with Gasteiger partial charge in [-0.3, -0.25) is 9.59 Å². The van der Waals surface area contributed by atoms with Crippen molar-refractivity contribution in [3.63, 3.8) is 0 Å². The molecule has 2 aromatic rings. The number of halogens is 2. The predicted molar refractivity (Wildman–Crippen MR) is 101 cm³/mol. The molecule has 7 heteroatoms. The maximum absolute atomic E-state index is 13.1. The molecule has 1 unspecified atom stereocenters. The van der Waals surface area contributed by atoms with E-state index in [1.54, 1.807) is 42.2 Å². The second-order valence-electron chi connectivity index (χ2n) is 6.08. The third-order valence-electron chi connectivity index (χ3n) is 3.89. The minimum Gasteiger partial charge on any atom is -0.467 e. The third kappa shape index (κ3) is 6.25. The highest BCUT2D eigenvalue weighted by Crippen LogP contribution is 2.13. The average Bonchev–Trinajstić information content (AvgIpc) is 3.15. The van der Waals surface area contributed by atoms with E-state index in [1.165, 1.54) is 23.3 Å². The molecule has 2 amide bonds. The molecule has 1 heterocycles. The number of alkyl halides is 1. The van der Waals surface area contributed by atoms with Crippen LogP contribution in [0.1, 0.15) is 18.2 Å². The summed E-state index contributed by atoms with van der Waals surface area (Å²) in [5.41, 5.74) is 0.767. The van der Waals surface area contributed by atoms with E-state index in [2.05, 4.69) is 6.58 Å². The minimum atomic E-state index is -0.742. The van der Waals surface area contributed by atoms with Crippen molar-refractivity contribution in [3.8, 4) is 0 Å². The SMILES string of the molecule is C=CCN(CC(=O)N(Cc1ccc(F)cc1)Cc1ccco1)C(=O)C(C)Cl. The van der Waals surface area contributed by atoms with Gasteiger partial charge in [0.1, 0.15) is 23.5 Å². The lowest BCUT2D eigenvalue weighted by molar-refractivity contribution is -0.140. The van der Waals surface area contributed by atoms with Crippen LogP contribution in [0.4, 0.5) is 4.39 Å². The van der Waals surface area contributed by atoms with Crippen molar-refractivity contribution in [2.24, 2.45) is 0 Å². The van der Waals surface area contributed by atoms with Gasteiger partial charge in [0, 0.05) is 13.1 Å². The van der Waals surface area contributed by atoms with Crippen LogP contribution in [0.25, 0.3) is 0 Å². The first-order valence-electron chi connectivity index (χ1n) is 8.49. The Kier molecular flexibility index (Phi) is 7.61. The zero-order valence-corrected chi connectivity index (χ0v) is 15.9. The van der Waals surface area contributed by atoms with Crippen LogP contribution < -0.4 is 0 Å². The first-order valence-corrected chi connectivity index (χ1v) is 8.92. The van der Waals surface area contributed by atoms with Crippen molar-refractivity contribution in [2.75, 3.05) is 13.1 Å². The van der Waals surface area contributed by atoms with Crippen LogP contribution in [0.3, 0.4) is 0 Å². The molecule has 0 radical (unpaired) electrons. The zero-order chi connectivity index (χ0) is 19.8. The number of hydrogen-bond donors (Lipinski definition) is 0. The number of hydrogen-bond acceptors (Lipinski definition) is 3. The molecule has 0 aliphatic rings. The highest BCUT2D eigenvalue weighted by Gasteiger charge is 2.24. The number of carbonyl (C=O) groups excluding carboxylic acids is 2. The quantitative estimate of drug-likeness (QED) is 0.484. The fourth-order valence-electron chi connectivity index (χ4n) is 2.54. The number of nitrogens with zero attached hydrogens (tertiary/aromatic N) is 2. The van der Waals surface area contributed by atoms with Crippen molar-refractivity contribution in [1.29, 1.82) is 0 Å². The smallest absolute Gasteiger partial charge is 0.242 e. The van der Waals surface area contributed by atoms with Gasteiger partial charge in [-0.15, -0.1) is 18.2 Å². The van der Waals surface area contributed by atoms with E-state index in [1.807, 2.05) is 0 Å². The normalized spacial score (nSPS) is 11.7. The van der Waals surface area contributed by atoms with Crippen LogP contribution in [0, 0.1) is 5.82 Å². The molecule has 0 aliphatic heterocycles. The van der Waals surface area contributed by atoms with E-state index in [-0.39, 0.29) is 43.8 Å². The Morgan fingerprint density at radius 2 is 1.93 bits per heavy atom. The molecule has 0 fully saturated rings. The molecule has 5 nitrogen and oxygen atoms in total. The lowest BCUT2D eigenvalue weighted by atomic mass is 10.2. The molecule has 144 valence electrons. The molecule has 0 spiro atoms. The number of benzene rings is 1. The van der Waals surface area contributed by atoms with Gasteiger partial charge in [0.25, 0.3) is 0 Å². The standard InChI is InChI=1S/C20H22ClFN2O3/c1-3-10-23(20(26)15(2)21)14-19(25)24(13-18-5-4-11-27-18)12-16-6-8-17(22)9-7-16/h3-9,11,15H,1,10,12-14H2,2H3. The zero-order valence-electron chi connectivity index (χ0n) is 15.1. The summed E-state index contributed by atoms with van der Waals surface area (Å²) in [6.45, 7) is 5.75. The molecule has 0 N–H and O–H groups in total. The molecule has 0 aliphatic carbocycles. The summed E-state index contributed by atoms with van der Waals surface area (Å²) < 4.78 is 18.5. The number of amides is 2. The van der Waals surface area contributed by atoms with Crippen molar-refractivity contribution in [1.82, 2.24) is 9.80 Å². The minimum absolute atomic E-state index is 0.135. The fourth-order valence-corrected chi connectivity index (χ4v) is 2.67. The van der Waals surface area contributed by atoms with Gasteiger partial charge in [0.15, 0.2) is 0 Å². The molecule has 1 aromatic heterocycles. The van der Waals surface area contributed by atoms with Gasteiger partial charge in [0.05, 0.1) is 12.8 Å². The van der Waals surface area contributed by atoms with Gasteiger partial charge in [-0.05, 0) is 36.8 Å². The topological polar surface area (TPSA) is 53.8 Å². The van der Waals surface area contributed by atoms with Gasteiger partial charge < -0.3 is 14.2 Å². The molecular weight excluding hydrogens is 371 g/mol. The third-order valence-corrected chi connectivity index (χ3v) is 4.08. The van der Waals surface area contributed by atoms with Crippen molar-refractivity contribution >= 4 is 23.4 Å². The van der Waals surface area contributed by atoms with Crippen LogP contribution in [-0.2, 0) is 22.7 Å². The van der Waals surface area contributed by atoms with Crippen LogP contribution in [0.15, 0.2) is 59.7 Å². The maximum atomic E-state index is 13.1. The molecule has 27 heavy (non-hydrogen) atoms. The van der Waals surface area contributed by atoms with E-state index in [0.717, 1.165) is 5.56 Å². The van der Waals surface area contributed by atoms with Gasteiger partial charge in [0.2, 0.25) is 11.8 Å². The summed E-state index contributed by atoms with van der Waals surface area (Å²) in [6.07, 6.45) is 3.07. The highest BCUT2D eigenvalue weighted by atomic mass is 35.5. The predicted octanol–water partition coefficient (Wildman–Crippen LogP) is 3.59. The number of furan rings is 1. The Bertz CT molecular complexity index is 760. The van der Waals surface area contributed by atoms with E-state index < -0.39 is 5.38 Å². The van der Waals surface area contributed by atoms with Gasteiger partial charge in [-0.1, -0.05) is 18.2 Å². The van der Waals surface area contributed by atoms with Gasteiger partial charge >= 0.3 is 0 Å². The Morgan fingerprint density at radius 1 is 1.22 bits per heavy atom. The van der Waals surface area contributed by atoms with Crippen molar-refractivity contribution < 1.29 is 18.4 Å². The average molecular weight is 393 g/mol. The van der Waals surface area contributed by atoms with Gasteiger partial charge in [-0.25, -0.2) is 4.39 Å². The Labute approximate surface area is 163 Å². The molecule has 0 saturated heterocycles. The van der Waals surface area contributed by atoms with Crippen LogP contribution >= 0.6 is 11.6 Å². The van der Waals surface area contributed by atoms with E-state index >= 15 is 0 Å². The van der Waals surface area contributed by atoms with E-state index in [9.17, 15) is 14.0 Å². The Balaban J connectivity index is 2.17. The summed E-state index contributed by atoms with van der Waals surface area (Å²) in [6, 6.07) is 9.41. The summed E-state index contributed by atoms with van der Waals surface area (Å²) >= 11 is 5.88. The summed E-state index contributed by atoms with van der Waals surface area (Å²) in [5, 5.41) is -0.742. The largest absolute Gasteiger partial charge is 0.467 e. The highest BCUT2D eigenvalue weighted by molar-refractivity contribution is 6.30. The first-order chi connectivity index (χ1) is 12.9. The number of rotatable bonds is 9. The Hall–Kier alpha value is -2.60. The second-order valence-corrected chi connectivity index (χ2v) is 6.73. The molecule has 2 rings (SSSR count). The first kappa shape index (κ1) is 20.7. The lowest BCUT2D eigenvalue weighted by Crippen LogP contribution is -2.44. The fraction of sp³-hybridized carbons (Fsp3) is 0.300. The van der Waals surface area contributed by atoms with E-state index in [0.29, 0.717) is 5.76 Å². The van der Waals surface area contributed by atoms with Crippen molar-refractivity contribution in [2.45, 2.75) is 25.4 Å². The summed E-state index contributed by atoms with van der Waals surface area (Å²) in [5.74, 6) is -0.354. The van der Waals surface area contributed by atoms with Crippen LogP contribution in [0.5, 0.6) is 0 Å². The molecule has 0 saturated carbocycles. The molecule has 1 atom stereocenters. The Morgan fingerprint density at radius 3 is 2.48 bits per heavy atom. The molecule has 0 bridgehead atoms. The summed E-state index contributed by atoms with van der Waals surface area (Å²) in [7, 11) is 0. The monoisotopic (exact) mass is 392 g/mol. The maximum Gasteiger partial charge on any atom is 0.242 e. The second kappa shape index (κ2) is 9.92. The van der Waals surface area contributed by atoms with Gasteiger partial charge in [-0.2, -0.15) is 0 Å². The van der Waals surface area contributed by atoms with E-state index in [4.69, 9.17) is 16.0 Å². The summed E-state index contributed by atoms with van der Waals surface area (Å²) in [4.78, 5) is 28.0.